The van der Waals surface area contributed by atoms with Crippen LogP contribution in [0.4, 0.5) is 5.69 Å². The summed E-state index contributed by atoms with van der Waals surface area (Å²) >= 11 is 0. The van der Waals surface area contributed by atoms with Gasteiger partial charge in [0.15, 0.2) is 0 Å². The van der Waals surface area contributed by atoms with E-state index in [1.54, 1.807) is 24.3 Å². The Morgan fingerprint density at radius 2 is 1.73 bits per heavy atom. The van der Waals surface area contributed by atoms with Crippen LogP contribution in [0, 0.1) is 0 Å². The second kappa shape index (κ2) is 5.25. The van der Waals surface area contributed by atoms with Gasteiger partial charge in [-0.25, -0.2) is 0 Å². The Morgan fingerprint density at radius 3 is 2.45 bits per heavy atom. The number of phenolic OH excluding ortho intramolecular Hbond substituents is 1. The van der Waals surface area contributed by atoms with E-state index in [9.17, 15) is 19.9 Å². The Kier molecular flexibility index (Phi) is 3.27. The zero-order chi connectivity index (χ0) is 15.7. The smallest absolute Gasteiger partial charge is 0.296 e. The van der Waals surface area contributed by atoms with Gasteiger partial charge in [0.1, 0.15) is 11.3 Å². The van der Waals surface area contributed by atoms with Crippen molar-refractivity contribution in [2.75, 3.05) is 5.32 Å². The molecule has 3 rings (SSSR count). The molecule has 0 bridgehead atoms. The van der Waals surface area contributed by atoms with Gasteiger partial charge in [0.05, 0.1) is 5.52 Å². The molecule has 0 atom stereocenters. The maximum absolute atomic E-state index is 12.2. The summed E-state index contributed by atoms with van der Waals surface area (Å²) in [5, 5.41) is 22.2. The van der Waals surface area contributed by atoms with Gasteiger partial charge in [-0.15, -0.1) is 4.73 Å². The third kappa shape index (κ3) is 2.37. The average molecular weight is 296 g/mol. The van der Waals surface area contributed by atoms with Gasteiger partial charge in [-0.1, -0.05) is 18.2 Å². The van der Waals surface area contributed by atoms with Gasteiger partial charge in [0.2, 0.25) is 0 Å². The Bertz CT molecular complexity index is 914. The summed E-state index contributed by atoms with van der Waals surface area (Å²) < 4.78 is 0.459. The Morgan fingerprint density at radius 1 is 1.05 bits per heavy atom. The summed E-state index contributed by atoms with van der Waals surface area (Å²) in [6, 6.07) is 14.0. The second-order valence-electron chi connectivity index (χ2n) is 4.73. The van der Waals surface area contributed by atoms with Gasteiger partial charge < -0.3 is 15.6 Å². The van der Waals surface area contributed by atoms with Gasteiger partial charge >= 0.3 is 0 Å². The molecule has 2 aromatic carbocycles. The molecule has 0 aliphatic rings. The normalized spacial score (nSPS) is 10.5. The number of fused-ring (bicyclic) bond motifs is 1. The number of rotatable bonds is 2. The van der Waals surface area contributed by atoms with Crippen molar-refractivity contribution >= 4 is 22.5 Å². The third-order valence-corrected chi connectivity index (χ3v) is 3.26. The molecular formula is C16H12N2O4. The zero-order valence-electron chi connectivity index (χ0n) is 11.4. The fourth-order valence-corrected chi connectivity index (χ4v) is 2.15. The van der Waals surface area contributed by atoms with Crippen molar-refractivity contribution in [1.29, 1.82) is 0 Å². The third-order valence-electron chi connectivity index (χ3n) is 3.26. The number of pyridine rings is 1. The van der Waals surface area contributed by atoms with Crippen molar-refractivity contribution in [1.82, 2.24) is 4.73 Å². The Labute approximate surface area is 124 Å². The topological polar surface area (TPSA) is 91.6 Å². The number of nitrogens with one attached hydrogen (secondary N) is 1. The highest BCUT2D eigenvalue weighted by molar-refractivity contribution is 6.05. The van der Waals surface area contributed by atoms with Crippen LogP contribution in [0.3, 0.4) is 0 Å². The van der Waals surface area contributed by atoms with Crippen LogP contribution in [0.25, 0.3) is 10.9 Å². The quantitative estimate of drug-likeness (QED) is 0.499. The van der Waals surface area contributed by atoms with Gasteiger partial charge in [0, 0.05) is 11.1 Å². The van der Waals surface area contributed by atoms with Gasteiger partial charge in [-0.2, -0.15) is 0 Å². The fraction of sp³-hybridized carbons (Fsp3) is 0. The minimum atomic E-state index is -0.796. The number of benzene rings is 2. The Balaban J connectivity index is 2.02. The lowest BCUT2D eigenvalue weighted by Crippen LogP contribution is -2.28. The molecular weight excluding hydrogens is 284 g/mol. The van der Waals surface area contributed by atoms with Crippen LogP contribution in [-0.4, -0.2) is 21.0 Å². The molecule has 0 saturated carbocycles. The van der Waals surface area contributed by atoms with E-state index in [1.807, 2.05) is 0 Å². The number of anilines is 1. The van der Waals surface area contributed by atoms with E-state index >= 15 is 0 Å². The SMILES string of the molecule is O=C(Nc1ccc(O)cc1)c1cc2ccccc2n(O)c1=O. The molecule has 1 amide bonds. The first-order chi connectivity index (χ1) is 10.6. The van der Waals surface area contributed by atoms with Crippen LogP contribution >= 0.6 is 0 Å². The van der Waals surface area contributed by atoms with Gasteiger partial charge in [0.25, 0.3) is 11.5 Å². The number of aromatic nitrogens is 1. The Hall–Kier alpha value is -3.28. The van der Waals surface area contributed by atoms with E-state index in [2.05, 4.69) is 5.32 Å². The predicted octanol–water partition coefficient (Wildman–Crippen LogP) is 2.20. The maximum Gasteiger partial charge on any atom is 0.296 e. The number of hydrogen-bond donors (Lipinski definition) is 3. The van der Waals surface area contributed by atoms with Gasteiger partial charge in [-0.3, -0.25) is 9.59 Å². The summed E-state index contributed by atoms with van der Waals surface area (Å²) in [6.45, 7) is 0. The maximum atomic E-state index is 12.2. The lowest BCUT2D eigenvalue weighted by atomic mass is 10.1. The number of hydrogen-bond acceptors (Lipinski definition) is 4. The largest absolute Gasteiger partial charge is 0.508 e. The molecule has 0 fully saturated rings. The number of amides is 1. The first-order valence-electron chi connectivity index (χ1n) is 6.51. The molecule has 0 aliphatic heterocycles. The second-order valence-corrected chi connectivity index (χ2v) is 4.73. The van der Waals surface area contributed by atoms with E-state index in [1.165, 1.54) is 30.3 Å². The molecule has 22 heavy (non-hydrogen) atoms. The summed E-state index contributed by atoms with van der Waals surface area (Å²) in [7, 11) is 0. The van der Waals surface area contributed by atoms with E-state index in [-0.39, 0.29) is 11.3 Å². The zero-order valence-corrected chi connectivity index (χ0v) is 11.4. The lowest BCUT2D eigenvalue weighted by Gasteiger charge is -2.08. The summed E-state index contributed by atoms with van der Waals surface area (Å²) in [6.07, 6.45) is 0. The van der Waals surface area contributed by atoms with Crippen molar-refractivity contribution in [2.24, 2.45) is 0 Å². The number of phenols is 1. The summed E-state index contributed by atoms with van der Waals surface area (Å²) in [5.41, 5.74) is -0.210. The molecule has 3 aromatic rings. The molecule has 0 unspecified atom stereocenters. The lowest BCUT2D eigenvalue weighted by molar-refractivity contribution is 0.101. The van der Waals surface area contributed by atoms with Crippen LogP contribution in [0.2, 0.25) is 0 Å². The molecule has 0 aliphatic carbocycles. The molecule has 0 spiro atoms. The number of aromatic hydroxyl groups is 1. The number of carbonyl (C=O) groups excluding carboxylic acids is 1. The van der Waals surface area contributed by atoms with Crippen LogP contribution in [0.15, 0.2) is 59.4 Å². The molecule has 3 N–H and O–H groups in total. The van der Waals surface area contributed by atoms with E-state index < -0.39 is 11.5 Å². The molecule has 0 radical (unpaired) electrons. The van der Waals surface area contributed by atoms with E-state index in [0.717, 1.165) is 0 Å². The highest BCUT2D eigenvalue weighted by Crippen LogP contribution is 2.16. The average Bonchev–Trinajstić information content (AvgIpc) is 2.53. The fourth-order valence-electron chi connectivity index (χ4n) is 2.15. The van der Waals surface area contributed by atoms with Crippen molar-refractivity contribution in [3.05, 3.63) is 70.5 Å². The van der Waals surface area contributed by atoms with Crippen molar-refractivity contribution in [3.63, 3.8) is 0 Å². The van der Waals surface area contributed by atoms with Crippen LogP contribution in [-0.2, 0) is 0 Å². The molecule has 110 valence electrons. The first-order valence-corrected chi connectivity index (χ1v) is 6.51. The first kappa shape index (κ1) is 13.7. The molecule has 1 heterocycles. The van der Waals surface area contributed by atoms with Gasteiger partial charge in [-0.05, 0) is 36.4 Å². The van der Waals surface area contributed by atoms with Crippen LogP contribution in [0.1, 0.15) is 10.4 Å². The van der Waals surface area contributed by atoms with Crippen molar-refractivity contribution in [2.45, 2.75) is 0 Å². The minimum Gasteiger partial charge on any atom is -0.508 e. The van der Waals surface area contributed by atoms with Crippen LogP contribution < -0.4 is 10.9 Å². The number of para-hydroxylation sites is 1. The minimum absolute atomic E-state index is 0.0708. The standard InChI is InChI=1S/C16H12N2O4/c19-12-7-5-11(6-8-12)17-15(20)13-9-10-3-1-2-4-14(10)18(22)16(13)21/h1-9,19,22H,(H,17,20). The number of nitrogens with zero attached hydrogens (tertiary/aromatic N) is 1. The van der Waals surface area contributed by atoms with E-state index in [0.29, 0.717) is 21.3 Å². The molecule has 6 heteroatoms. The van der Waals surface area contributed by atoms with Crippen molar-refractivity contribution in [3.8, 4) is 5.75 Å². The monoisotopic (exact) mass is 296 g/mol. The highest BCUT2D eigenvalue weighted by Gasteiger charge is 2.15. The molecule has 0 saturated heterocycles. The van der Waals surface area contributed by atoms with E-state index in [4.69, 9.17) is 0 Å². The number of carbonyl (C=O) groups is 1. The molecule has 1 aromatic heterocycles. The van der Waals surface area contributed by atoms with Crippen molar-refractivity contribution < 1.29 is 15.1 Å². The summed E-state index contributed by atoms with van der Waals surface area (Å²) in [4.78, 5) is 24.3. The van der Waals surface area contributed by atoms with Crippen LogP contribution in [0.5, 0.6) is 5.75 Å². The predicted molar refractivity (Wildman–Crippen MR) is 81.5 cm³/mol. The highest BCUT2D eigenvalue weighted by atomic mass is 16.5. The summed E-state index contributed by atoms with van der Waals surface area (Å²) in [5.74, 6) is -0.564. The molecule has 6 nitrogen and oxygen atoms in total.